The van der Waals surface area contributed by atoms with Crippen molar-refractivity contribution < 1.29 is 9.90 Å². The van der Waals surface area contributed by atoms with Gasteiger partial charge < -0.3 is 10.1 Å². The van der Waals surface area contributed by atoms with Crippen molar-refractivity contribution >= 4 is 22.6 Å². The molecule has 0 bridgehead atoms. The van der Waals surface area contributed by atoms with E-state index in [-0.39, 0.29) is 12.1 Å². The number of H-pyrrole nitrogens is 1. The number of aromatic nitrogens is 1. The third-order valence-corrected chi connectivity index (χ3v) is 2.21. The van der Waals surface area contributed by atoms with Gasteiger partial charge in [-0.2, -0.15) is 0 Å². The van der Waals surface area contributed by atoms with E-state index in [4.69, 9.17) is 10.5 Å². The van der Waals surface area contributed by atoms with Crippen molar-refractivity contribution in [3.63, 3.8) is 0 Å². The van der Waals surface area contributed by atoms with Crippen LogP contribution in [0.5, 0.6) is 0 Å². The molecule has 15 heavy (non-hydrogen) atoms. The average Bonchev–Trinajstić information content (AvgIpc) is 2.59. The molecular formula is C11H10N2O2. The van der Waals surface area contributed by atoms with Crippen LogP contribution in [0.1, 0.15) is 5.69 Å². The van der Waals surface area contributed by atoms with Gasteiger partial charge in [0.15, 0.2) is 0 Å². The van der Waals surface area contributed by atoms with Crippen molar-refractivity contribution in [3.05, 3.63) is 36.0 Å². The zero-order valence-corrected chi connectivity index (χ0v) is 7.95. The van der Waals surface area contributed by atoms with Crippen LogP contribution in [0.4, 0.5) is 0 Å². The van der Waals surface area contributed by atoms with E-state index in [9.17, 15) is 4.79 Å². The SMILES string of the molecule is N=C(Cc1cc2ccccc2[nH]1)C(=O)O. The maximum atomic E-state index is 10.5. The minimum atomic E-state index is -1.17. The fourth-order valence-corrected chi connectivity index (χ4v) is 1.49. The third-order valence-electron chi connectivity index (χ3n) is 2.21. The highest BCUT2D eigenvalue weighted by atomic mass is 16.4. The Morgan fingerprint density at radius 3 is 2.80 bits per heavy atom. The highest BCUT2D eigenvalue weighted by Gasteiger charge is 2.09. The number of aromatic amines is 1. The summed E-state index contributed by atoms with van der Waals surface area (Å²) in [4.78, 5) is 13.6. The summed E-state index contributed by atoms with van der Waals surface area (Å²) in [5, 5.41) is 16.8. The zero-order valence-electron chi connectivity index (χ0n) is 7.95. The van der Waals surface area contributed by atoms with Crippen LogP contribution in [0.15, 0.2) is 30.3 Å². The number of fused-ring (bicyclic) bond motifs is 1. The van der Waals surface area contributed by atoms with Crippen LogP contribution in [0.2, 0.25) is 0 Å². The summed E-state index contributed by atoms with van der Waals surface area (Å²) >= 11 is 0. The lowest BCUT2D eigenvalue weighted by molar-refractivity contribution is -0.129. The number of carboxylic acids is 1. The van der Waals surface area contributed by atoms with E-state index >= 15 is 0 Å². The number of benzene rings is 1. The van der Waals surface area contributed by atoms with Crippen LogP contribution in [0.25, 0.3) is 10.9 Å². The normalized spacial score (nSPS) is 10.4. The minimum Gasteiger partial charge on any atom is -0.477 e. The van der Waals surface area contributed by atoms with Gasteiger partial charge in [0.2, 0.25) is 0 Å². The van der Waals surface area contributed by atoms with Gasteiger partial charge >= 0.3 is 5.97 Å². The quantitative estimate of drug-likeness (QED) is 0.664. The number of nitrogens with one attached hydrogen (secondary N) is 2. The van der Waals surface area contributed by atoms with Gasteiger partial charge in [-0.15, -0.1) is 0 Å². The molecule has 0 unspecified atom stereocenters. The highest BCUT2D eigenvalue weighted by molar-refractivity contribution is 6.34. The lowest BCUT2D eigenvalue weighted by atomic mass is 10.2. The van der Waals surface area contributed by atoms with Crippen molar-refractivity contribution in [1.29, 1.82) is 5.41 Å². The molecule has 0 saturated carbocycles. The largest absolute Gasteiger partial charge is 0.477 e. The molecule has 0 aliphatic heterocycles. The predicted molar refractivity (Wildman–Crippen MR) is 57.4 cm³/mol. The zero-order chi connectivity index (χ0) is 10.8. The fourth-order valence-electron chi connectivity index (χ4n) is 1.49. The molecule has 3 N–H and O–H groups in total. The Morgan fingerprint density at radius 2 is 2.13 bits per heavy atom. The Balaban J connectivity index is 2.30. The van der Waals surface area contributed by atoms with Crippen LogP contribution >= 0.6 is 0 Å². The van der Waals surface area contributed by atoms with Crippen molar-refractivity contribution in [1.82, 2.24) is 4.98 Å². The van der Waals surface area contributed by atoms with Crippen molar-refractivity contribution in [2.45, 2.75) is 6.42 Å². The molecule has 0 spiro atoms. The van der Waals surface area contributed by atoms with Crippen molar-refractivity contribution in [3.8, 4) is 0 Å². The molecule has 2 rings (SSSR count). The fraction of sp³-hybridized carbons (Fsp3) is 0.0909. The first kappa shape index (κ1) is 9.45. The average molecular weight is 202 g/mol. The van der Waals surface area contributed by atoms with Gasteiger partial charge in [-0.05, 0) is 17.5 Å². The summed E-state index contributed by atoms with van der Waals surface area (Å²) in [6.45, 7) is 0. The molecule has 0 radical (unpaired) electrons. The summed E-state index contributed by atoms with van der Waals surface area (Å²) in [5.41, 5.74) is 1.41. The second-order valence-corrected chi connectivity index (χ2v) is 3.34. The second-order valence-electron chi connectivity index (χ2n) is 3.34. The van der Waals surface area contributed by atoms with Crippen LogP contribution in [0.3, 0.4) is 0 Å². The first-order chi connectivity index (χ1) is 7.16. The maximum Gasteiger partial charge on any atom is 0.349 e. The lowest BCUT2D eigenvalue weighted by Crippen LogP contribution is -2.14. The molecule has 1 aromatic heterocycles. The smallest absolute Gasteiger partial charge is 0.349 e. The van der Waals surface area contributed by atoms with Gasteiger partial charge in [-0.3, -0.25) is 5.41 Å². The van der Waals surface area contributed by atoms with Gasteiger partial charge in [-0.1, -0.05) is 18.2 Å². The number of aliphatic carboxylic acids is 1. The van der Waals surface area contributed by atoms with Crippen molar-refractivity contribution in [2.75, 3.05) is 0 Å². The molecule has 0 aliphatic rings. The van der Waals surface area contributed by atoms with Crippen LogP contribution < -0.4 is 0 Å². The lowest BCUT2D eigenvalue weighted by Gasteiger charge is -1.94. The Morgan fingerprint density at radius 1 is 1.40 bits per heavy atom. The number of carboxylic acid groups (broad SMARTS) is 1. The van der Waals surface area contributed by atoms with Gasteiger partial charge in [-0.25, -0.2) is 4.79 Å². The molecule has 0 saturated heterocycles. The number of hydrogen-bond donors (Lipinski definition) is 3. The molecule has 1 heterocycles. The molecule has 1 aromatic carbocycles. The standard InChI is InChI=1S/C11H10N2O2/c12-9(11(14)15)6-8-5-7-3-1-2-4-10(7)13-8/h1-5,12-13H,6H2,(H,14,15). The molecule has 4 nitrogen and oxygen atoms in total. The predicted octanol–water partition coefficient (Wildman–Crippen LogP) is 1.81. The summed E-state index contributed by atoms with van der Waals surface area (Å²) in [5.74, 6) is -1.17. The number of rotatable bonds is 3. The second kappa shape index (κ2) is 3.57. The molecule has 0 fully saturated rings. The molecule has 0 aliphatic carbocycles. The topological polar surface area (TPSA) is 76.9 Å². The molecule has 4 heteroatoms. The van der Waals surface area contributed by atoms with E-state index in [0.717, 1.165) is 16.6 Å². The number of carbonyl (C=O) groups is 1. The number of hydrogen-bond acceptors (Lipinski definition) is 2. The summed E-state index contributed by atoms with van der Waals surface area (Å²) < 4.78 is 0. The van der Waals surface area contributed by atoms with Gasteiger partial charge in [0.05, 0.1) is 0 Å². The van der Waals surface area contributed by atoms with Gasteiger partial charge in [0, 0.05) is 17.6 Å². The van der Waals surface area contributed by atoms with Crippen LogP contribution in [-0.2, 0) is 11.2 Å². The van der Waals surface area contributed by atoms with Crippen molar-refractivity contribution in [2.24, 2.45) is 0 Å². The van der Waals surface area contributed by atoms with E-state index in [1.165, 1.54) is 0 Å². The maximum absolute atomic E-state index is 10.5. The molecule has 0 atom stereocenters. The molecule has 2 aromatic rings. The van der Waals surface area contributed by atoms with E-state index in [0.29, 0.717) is 0 Å². The van der Waals surface area contributed by atoms with Gasteiger partial charge in [0.1, 0.15) is 5.71 Å². The van der Waals surface area contributed by atoms with Gasteiger partial charge in [0.25, 0.3) is 0 Å². The Kier molecular flexibility index (Phi) is 2.25. The summed E-state index contributed by atoms with van der Waals surface area (Å²) in [7, 11) is 0. The van der Waals surface area contributed by atoms with E-state index in [1.54, 1.807) is 0 Å². The summed E-state index contributed by atoms with van der Waals surface area (Å²) in [6.07, 6.45) is 0.129. The Labute approximate surface area is 86.1 Å². The Hall–Kier alpha value is -2.10. The highest BCUT2D eigenvalue weighted by Crippen LogP contribution is 2.14. The molecule has 0 amide bonds. The van der Waals surface area contributed by atoms with Crippen LogP contribution in [-0.4, -0.2) is 21.8 Å². The first-order valence-corrected chi connectivity index (χ1v) is 4.54. The minimum absolute atomic E-state index is 0.129. The monoisotopic (exact) mass is 202 g/mol. The number of para-hydroxylation sites is 1. The van der Waals surface area contributed by atoms with E-state index in [1.807, 2.05) is 30.3 Å². The summed E-state index contributed by atoms with van der Waals surface area (Å²) in [6, 6.07) is 9.56. The third kappa shape index (κ3) is 1.88. The molecule has 76 valence electrons. The van der Waals surface area contributed by atoms with E-state index < -0.39 is 5.97 Å². The molecular weight excluding hydrogens is 192 g/mol. The Bertz CT molecular complexity index is 495. The first-order valence-electron chi connectivity index (χ1n) is 4.54. The van der Waals surface area contributed by atoms with Crippen LogP contribution in [0, 0.1) is 5.41 Å². The van der Waals surface area contributed by atoms with E-state index in [2.05, 4.69) is 4.98 Å².